The molecule has 1 unspecified atom stereocenters. The zero-order valence-electron chi connectivity index (χ0n) is 10.4. The van der Waals surface area contributed by atoms with Crippen LogP contribution in [0.3, 0.4) is 0 Å². The highest BCUT2D eigenvalue weighted by Crippen LogP contribution is 2.33. The van der Waals surface area contributed by atoms with Crippen molar-refractivity contribution in [1.82, 2.24) is 5.32 Å². The van der Waals surface area contributed by atoms with Crippen molar-refractivity contribution in [3.8, 4) is 0 Å². The topological polar surface area (TPSA) is 12.0 Å². The van der Waals surface area contributed by atoms with E-state index in [9.17, 15) is 8.78 Å². The van der Waals surface area contributed by atoms with Gasteiger partial charge in [0.05, 0.1) is 6.04 Å². The smallest absolute Gasteiger partial charge is 0.160 e. The van der Waals surface area contributed by atoms with Crippen LogP contribution < -0.4 is 5.32 Å². The first kappa shape index (κ1) is 16.1. The van der Waals surface area contributed by atoms with E-state index in [-0.39, 0.29) is 11.1 Å². The molecule has 0 aliphatic carbocycles. The van der Waals surface area contributed by atoms with Gasteiger partial charge in [-0.2, -0.15) is 0 Å². The summed E-state index contributed by atoms with van der Waals surface area (Å²) in [5, 5.41) is 3.28. The second-order valence-corrected chi connectivity index (χ2v) is 6.66. The summed E-state index contributed by atoms with van der Waals surface area (Å²) in [6.45, 7) is 0. The van der Waals surface area contributed by atoms with Crippen molar-refractivity contribution >= 4 is 50.1 Å². The minimum absolute atomic E-state index is 0.194. The molecular formula is C14H10BrClF2IN. The standard InChI is InChI=1S/C14H10BrClF2IN/c1-20-14(9-4-7(15)2-3-13(9)19)8-5-11(17)12(18)6-10(8)16/h2-6,14,20H,1H3. The maximum absolute atomic E-state index is 13.5. The summed E-state index contributed by atoms with van der Waals surface area (Å²) >= 11 is 11.7. The molecule has 0 spiro atoms. The Morgan fingerprint density at radius 2 is 1.80 bits per heavy atom. The molecule has 0 aliphatic rings. The third-order valence-corrected chi connectivity index (χ3v) is 4.71. The van der Waals surface area contributed by atoms with E-state index < -0.39 is 11.6 Å². The average Bonchev–Trinajstić information content (AvgIpc) is 2.40. The highest BCUT2D eigenvalue weighted by Gasteiger charge is 2.20. The molecule has 1 N–H and O–H groups in total. The van der Waals surface area contributed by atoms with Crippen LogP contribution in [0.4, 0.5) is 8.78 Å². The third-order valence-electron chi connectivity index (χ3n) is 2.91. The first-order chi connectivity index (χ1) is 9.43. The predicted octanol–water partition coefficient (Wildman–Crippen LogP) is 5.29. The van der Waals surface area contributed by atoms with Gasteiger partial charge in [-0.1, -0.05) is 27.5 Å². The summed E-state index contributed by atoms with van der Waals surface area (Å²) in [7, 11) is 1.75. The van der Waals surface area contributed by atoms with E-state index in [4.69, 9.17) is 11.6 Å². The SMILES string of the molecule is CNC(c1cc(F)c(F)cc1Cl)c1cc(Br)ccc1I. The van der Waals surface area contributed by atoms with Crippen LogP contribution in [0.2, 0.25) is 5.02 Å². The molecule has 2 aromatic rings. The number of benzene rings is 2. The van der Waals surface area contributed by atoms with Crippen molar-refractivity contribution in [3.05, 3.63) is 66.2 Å². The fraction of sp³-hybridized carbons (Fsp3) is 0.143. The Kier molecular flexibility index (Phi) is 5.39. The first-order valence-electron chi connectivity index (χ1n) is 5.70. The zero-order chi connectivity index (χ0) is 14.9. The molecule has 1 atom stereocenters. The van der Waals surface area contributed by atoms with Crippen LogP contribution in [0, 0.1) is 15.2 Å². The van der Waals surface area contributed by atoms with Crippen LogP contribution in [0.25, 0.3) is 0 Å². The van der Waals surface area contributed by atoms with Gasteiger partial charge >= 0.3 is 0 Å². The highest BCUT2D eigenvalue weighted by atomic mass is 127. The average molecular weight is 472 g/mol. The first-order valence-corrected chi connectivity index (χ1v) is 7.95. The lowest BCUT2D eigenvalue weighted by Gasteiger charge is -2.20. The zero-order valence-corrected chi connectivity index (χ0v) is 14.9. The monoisotopic (exact) mass is 471 g/mol. The van der Waals surface area contributed by atoms with Crippen molar-refractivity contribution < 1.29 is 8.78 Å². The molecule has 0 heterocycles. The molecule has 0 saturated heterocycles. The summed E-state index contributed by atoms with van der Waals surface area (Å²) in [6.07, 6.45) is 0. The normalized spacial score (nSPS) is 12.5. The fourth-order valence-electron chi connectivity index (χ4n) is 1.97. The van der Waals surface area contributed by atoms with Crippen LogP contribution in [-0.4, -0.2) is 7.05 Å². The molecule has 6 heteroatoms. The molecule has 20 heavy (non-hydrogen) atoms. The molecule has 1 nitrogen and oxygen atoms in total. The van der Waals surface area contributed by atoms with E-state index in [2.05, 4.69) is 43.8 Å². The number of hydrogen-bond donors (Lipinski definition) is 1. The second-order valence-electron chi connectivity index (χ2n) is 4.18. The van der Waals surface area contributed by atoms with Crippen molar-refractivity contribution in [2.24, 2.45) is 0 Å². The van der Waals surface area contributed by atoms with Crippen molar-refractivity contribution in [2.75, 3.05) is 7.05 Å². The van der Waals surface area contributed by atoms with Crippen LogP contribution >= 0.6 is 50.1 Å². The molecule has 106 valence electrons. The quantitative estimate of drug-likeness (QED) is 0.473. The van der Waals surface area contributed by atoms with Gasteiger partial charge in [0, 0.05) is 13.1 Å². The van der Waals surface area contributed by atoms with Crippen molar-refractivity contribution in [3.63, 3.8) is 0 Å². The summed E-state index contributed by atoms with van der Waals surface area (Å²) in [6, 6.07) is 7.61. The maximum Gasteiger partial charge on any atom is 0.160 e. The molecule has 0 fully saturated rings. The molecule has 0 aromatic heterocycles. The Hall–Kier alpha value is -0.240. The van der Waals surface area contributed by atoms with Gasteiger partial charge < -0.3 is 5.32 Å². The Morgan fingerprint density at radius 1 is 1.15 bits per heavy atom. The second kappa shape index (κ2) is 6.68. The van der Waals surface area contributed by atoms with Gasteiger partial charge in [0.1, 0.15) is 0 Å². The van der Waals surface area contributed by atoms with Crippen molar-refractivity contribution in [2.45, 2.75) is 6.04 Å². The molecule has 0 radical (unpaired) electrons. The van der Waals surface area contributed by atoms with E-state index in [0.29, 0.717) is 5.56 Å². The maximum atomic E-state index is 13.5. The summed E-state index contributed by atoms with van der Waals surface area (Å²) in [4.78, 5) is 0. The number of hydrogen-bond acceptors (Lipinski definition) is 1. The van der Waals surface area contributed by atoms with E-state index in [1.807, 2.05) is 18.2 Å². The van der Waals surface area contributed by atoms with Crippen LogP contribution in [-0.2, 0) is 0 Å². The van der Waals surface area contributed by atoms with E-state index in [1.165, 1.54) is 0 Å². The Balaban J connectivity index is 2.58. The molecule has 0 amide bonds. The molecule has 2 aromatic carbocycles. The summed E-state index contributed by atoms with van der Waals surface area (Å²) in [5.41, 5.74) is 1.44. The van der Waals surface area contributed by atoms with Gasteiger partial charge in [-0.15, -0.1) is 0 Å². The Morgan fingerprint density at radius 3 is 2.45 bits per heavy atom. The Labute approximate surface area is 143 Å². The lowest BCUT2D eigenvalue weighted by Crippen LogP contribution is -2.19. The van der Waals surface area contributed by atoms with Gasteiger partial charge in [0.25, 0.3) is 0 Å². The lowest BCUT2D eigenvalue weighted by atomic mass is 9.98. The number of halogens is 5. The number of nitrogens with one attached hydrogen (secondary N) is 1. The van der Waals surface area contributed by atoms with Crippen LogP contribution in [0.5, 0.6) is 0 Å². The van der Waals surface area contributed by atoms with Crippen LogP contribution in [0.1, 0.15) is 17.2 Å². The molecule has 0 saturated carbocycles. The van der Waals surface area contributed by atoms with Gasteiger partial charge in [0.15, 0.2) is 11.6 Å². The summed E-state index contributed by atoms with van der Waals surface area (Å²) in [5.74, 6) is -1.85. The van der Waals surface area contributed by atoms with E-state index >= 15 is 0 Å². The molecule has 0 aliphatic heterocycles. The highest BCUT2D eigenvalue weighted by molar-refractivity contribution is 14.1. The molecular weight excluding hydrogens is 462 g/mol. The van der Waals surface area contributed by atoms with Crippen LogP contribution in [0.15, 0.2) is 34.8 Å². The fourth-order valence-corrected chi connectivity index (χ4v) is 3.26. The minimum Gasteiger partial charge on any atom is -0.309 e. The van der Waals surface area contributed by atoms with Gasteiger partial charge in [-0.05, 0) is 71.1 Å². The van der Waals surface area contributed by atoms with E-state index in [1.54, 1.807) is 7.05 Å². The Bertz CT molecular complexity index is 651. The van der Waals surface area contributed by atoms with Crippen molar-refractivity contribution in [1.29, 1.82) is 0 Å². The van der Waals surface area contributed by atoms with E-state index in [0.717, 1.165) is 25.7 Å². The largest absolute Gasteiger partial charge is 0.309 e. The van der Waals surface area contributed by atoms with Gasteiger partial charge in [0.2, 0.25) is 0 Å². The minimum atomic E-state index is -0.947. The summed E-state index contributed by atoms with van der Waals surface area (Å²) < 4.78 is 28.6. The van der Waals surface area contributed by atoms with Gasteiger partial charge in [-0.25, -0.2) is 8.78 Å². The lowest BCUT2D eigenvalue weighted by molar-refractivity contribution is 0.505. The molecule has 2 rings (SSSR count). The third kappa shape index (κ3) is 3.32. The number of rotatable bonds is 3. The predicted molar refractivity (Wildman–Crippen MR) is 89.1 cm³/mol. The molecule has 0 bridgehead atoms. The van der Waals surface area contributed by atoms with Gasteiger partial charge in [-0.3, -0.25) is 0 Å².